The first-order valence-corrected chi connectivity index (χ1v) is 14.7. The Morgan fingerprint density at radius 1 is 0.892 bits per heavy atom. The van der Waals surface area contributed by atoms with E-state index in [-0.39, 0.29) is 4.90 Å². The molecule has 0 atom stereocenters. The summed E-state index contributed by atoms with van der Waals surface area (Å²) in [4.78, 5) is 14.7. The molecule has 1 N–H and O–H groups in total. The monoisotopic (exact) mass is 578 g/mol. The van der Waals surface area contributed by atoms with Gasteiger partial charge in [0.2, 0.25) is 0 Å². The van der Waals surface area contributed by atoms with Crippen LogP contribution < -0.4 is 9.50 Å². The maximum absolute atomic E-state index is 13.1. The van der Waals surface area contributed by atoms with E-state index in [9.17, 15) is 43.2 Å². The molecule has 37 heavy (non-hydrogen) atoms. The second-order valence-electron chi connectivity index (χ2n) is 7.55. The van der Waals surface area contributed by atoms with E-state index in [4.69, 9.17) is 4.18 Å². The molecular weight excluding hydrogens is 561 g/mol. The average molecular weight is 579 g/mol. The van der Waals surface area contributed by atoms with Gasteiger partial charge < -0.3 is 9.50 Å². The number of carbonyl (C=O) groups is 1. The number of aromatic nitrogens is 1. The third kappa shape index (κ3) is 6.26. The molecule has 3 aromatic rings. The summed E-state index contributed by atoms with van der Waals surface area (Å²) in [7, 11) is -14.3. The molecule has 10 nitrogen and oxygen atoms in total. The van der Waals surface area contributed by atoms with Crippen molar-refractivity contribution in [3.05, 3.63) is 71.9 Å². The molecule has 0 aliphatic carbocycles. The molecule has 198 valence electrons. The van der Waals surface area contributed by atoms with Gasteiger partial charge in [0.05, 0.1) is 10.6 Å². The fourth-order valence-corrected chi connectivity index (χ4v) is 5.11. The lowest BCUT2D eigenvalue weighted by molar-refractivity contribution is -0.0436. The average Bonchev–Trinajstić information content (AvgIpc) is 2.79. The Balaban J connectivity index is 2.10. The molecule has 1 aromatic heterocycles. The summed E-state index contributed by atoms with van der Waals surface area (Å²) in [5.41, 5.74) is -6.26. The van der Waals surface area contributed by atoms with Gasteiger partial charge in [-0.1, -0.05) is 23.8 Å². The number of halogens is 3. The van der Waals surface area contributed by atoms with Gasteiger partial charge in [0, 0.05) is 6.26 Å². The fraction of sp³-hybridized carbons (Fsp3) is 0.143. The number of sulfone groups is 2. The molecule has 0 spiro atoms. The molecule has 0 bridgehead atoms. The maximum Gasteiger partial charge on any atom is 0.501 e. The molecule has 0 radical (unpaired) electrons. The van der Waals surface area contributed by atoms with Gasteiger partial charge in [-0.3, -0.25) is 4.79 Å². The number of alkyl halides is 3. The fourth-order valence-electron chi connectivity index (χ4n) is 2.79. The van der Waals surface area contributed by atoms with Crippen LogP contribution in [-0.4, -0.2) is 47.9 Å². The Bertz CT molecular complexity index is 1690. The number of anilines is 1. The highest BCUT2D eigenvalue weighted by Crippen LogP contribution is 2.36. The third-order valence-corrected chi connectivity index (χ3v) is 8.38. The summed E-state index contributed by atoms with van der Waals surface area (Å²) in [6.07, 6.45) is 0.824. The van der Waals surface area contributed by atoms with Crippen LogP contribution >= 0.6 is 0 Å². The van der Waals surface area contributed by atoms with Gasteiger partial charge in [-0.15, -0.1) is 0 Å². The Labute approximate surface area is 210 Å². The van der Waals surface area contributed by atoms with Crippen LogP contribution in [0.15, 0.2) is 75.5 Å². The van der Waals surface area contributed by atoms with Gasteiger partial charge >= 0.3 is 15.6 Å². The highest BCUT2D eigenvalue weighted by atomic mass is 32.2. The number of nitrogens with zero attached hydrogens (tertiary/aromatic N) is 1. The minimum absolute atomic E-state index is 0.329. The van der Waals surface area contributed by atoms with Crippen LogP contribution in [0.5, 0.6) is 5.75 Å². The molecule has 0 fully saturated rings. The lowest BCUT2D eigenvalue weighted by Gasteiger charge is -2.15. The molecule has 1 heterocycles. The van der Waals surface area contributed by atoms with Crippen LogP contribution in [0.4, 0.5) is 18.9 Å². The second-order valence-corrected chi connectivity index (χ2v) is 13.0. The first-order valence-electron chi connectivity index (χ1n) is 9.87. The van der Waals surface area contributed by atoms with Crippen LogP contribution in [-0.2, 0) is 29.8 Å². The third-order valence-electron chi connectivity index (χ3n) is 4.66. The number of carbonyl (C=O) groups excluding carboxylic acids is 1. The lowest BCUT2D eigenvalue weighted by Crippen LogP contribution is -2.24. The zero-order valence-electron chi connectivity index (χ0n) is 18.8. The van der Waals surface area contributed by atoms with Crippen LogP contribution in [0.25, 0.3) is 0 Å². The van der Waals surface area contributed by atoms with Gasteiger partial charge in [-0.05, 0) is 49.4 Å². The largest absolute Gasteiger partial charge is 0.501 e. The number of hydrogen-bond acceptors (Lipinski definition) is 9. The first kappa shape index (κ1) is 28.1. The van der Waals surface area contributed by atoms with Crippen molar-refractivity contribution in [2.45, 2.75) is 27.2 Å². The SMILES string of the molecule is Cc1ccc(S(=O)(=O)Oc2ccc(S(=O)(=O)C(F)(F)F)cc2NC(=O)c2cccc(S(C)(=O)=O)n2)cc1. The van der Waals surface area contributed by atoms with Gasteiger partial charge in [0.15, 0.2) is 20.6 Å². The number of aryl methyl sites for hydroxylation is 1. The van der Waals surface area contributed by atoms with Crippen molar-refractivity contribution < 1.29 is 47.4 Å². The Kier molecular flexibility index (Phi) is 7.40. The number of pyridine rings is 1. The van der Waals surface area contributed by atoms with E-state index < -0.39 is 68.3 Å². The van der Waals surface area contributed by atoms with E-state index in [1.165, 1.54) is 30.3 Å². The van der Waals surface area contributed by atoms with Crippen molar-refractivity contribution in [1.82, 2.24) is 4.98 Å². The molecule has 3 rings (SSSR count). The Hall–Kier alpha value is -3.50. The summed E-state index contributed by atoms with van der Waals surface area (Å²) < 4.78 is 117. The van der Waals surface area contributed by atoms with Crippen molar-refractivity contribution in [2.75, 3.05) is 11.6 Å². The number of nitrogens with one attached hydrogen (secondary N) is 1. The summed E-state index contributed by atoms with van der Waals surface area (Å²) in [5, 5.41) is 1.54. The predicted octanol–water partition coefficient (Wildman–Crippen LogP) is 3.11. The second kappa shape index (κ2) is 9.75. The standard InChI is InChI=1S/C21H17F3N2O8S3/c1-13-6-8-14(9-7-13)37(32,33)34-18-11-10-15(36(30,31)21(22,23)24)12-17(18)26-20(27)16-4-3-5-19(25-16)35(2,28)29/h3-12H,1-2H3,(H,26,27). The molecule has 2 aromatic carbocycles. The Morgan fingerprint density at radius 2 is 1.49 bits per heavy atom. The number of benzene rings is 2. The zero-order chi connectivity index (χ0) is 27.8. The molecule has 1 amide bonds. The molecule has 0 unspecified atom stereocenters. The highest BCUT2D eigenvalue weighted by molar-refractivity contribution is 7.92. The van der Waals surface area contributed by atoms with Crippen LogP contribution in [0, 0.1) is 6.92 Å². The Morgan fingerprint density at radius 3 is 2.05 bits per heavy atom. The van der Waals surface area contributed by atoms with Crippen LogP contribution in [0.3, 0.4) is 0 Å². The molecule has 0 aliphatic rings. The normalized spacial score (nSPS) is 12.7. The van der Waals surface area contributed by atoms with Crippen molar-refractivity contribution in [2.24, 2.45) is 0 Å². The molecule has 0 saturated carbocycles. The summed E-state index contributed by atoms with van der Waals surface area (Å²) in [6.45, 7) is 1.69. The predicted molar refractivity (Wildman–Crippen MR) is 124 cm³/mol. The molecular formula is C21H17F3N2O8S3. The first-order chi connectivity index (χ1) is 16.9. The van der Waals surface area contributed by atoms with Gasteiger partial charge in [-0.2, -0.15) is 21.6 Å². The summed E-state index contributed by atoms with van der Waals surface area (Å²) in [5.74, 6) is -1.90. The molecule has 0 saturated heterocycles. The van der Waals surface area contributed by atoms with E-state index in [1.807, 2.05) is 5.32 Å². The number of rotatable bonds is 7. The van der Waals surface area contributed by atoms with Crippen molar-refractivity contribution in [3.63, 3.8) is 0 Å². The van der Waals surface area contributed by atoms with Crippen molar-refractivity contribution in [1.29, 1.82) is 0 Å². The van der Waals surface area contributed by atoms with Gasteiger partial charge in [0.25, 0.3) is 15.7 Å². The van der Waals surface area contributed by atoms with Crippen molar-refractivity contribution in [3.8, 4) is 5.75 Å². The smallest absolute Gasteiger partial charge is 0.377 e. The number of hydrogen-bond donors (Lipinski definition) is 1. The highest BCUT2D eigenvalue weighted by Gasteiger charge is 2.47. The molecule has 0 aliphatic heterocycles. The quantitative estimate of drug-likeness (QED) is 0.417. The van der Waals surface area contributed by atoms with E-state index in [2.05, 4.69) is 4.98 Å². The van der Waals surface area contributed by atoms with Crippen molar-refractivity contribution >= 4 is 41.4 Å². The summed E-state index contributed by atoms with van der Waals surface area (Å²) >= 11 is 0. The van der Waals surface area contributed by atoms with E-state index in [1.54, 1.807) is 6.92 Å². The van der Waals surface area contributed by atoms with Gasteiger partial charge in [-0.25, -0.2) is 21.8 Å². The minimum atomic E-state index is -5.89. The van der Waals surface area contributed by atoms with E-state index >= 15 is 0 Å². The minimum Gasteiger partial charge on any atom is -0.377 e. The van der Waals surface area contributed by atoms with Crippen LogP contribution in [0.1, 0.15) is 16.1 Å². The summed E-state index contributed by atoms with van der Waals surface area (Å²) in [6, 6.07) is 10.1. The number of amides is 1. The zero-order valence-corrected chi connectivity index (χ0v) is 21.3. The lowest BCUT2D eigenvalue weighted by atomic mass is 10.2. The van der Waals surface area contributed by atoms with Crippen LogP contribution in [0.2, 0.25) is 0 Å². The maximum atomic E-state index is 13.1. The molecule has 16 heteroatoms. The van der Waals surface area contributed by atoms with E-state index in [0.717, 1.165) is 24.0 Å². The van der Waals surface area contributed by atoms with Gasteiger partial charge in [0.1, 0.15) is 10.6 Å². The van der Waals surface area contributed by atoms with E-state index in [0.29, 0.717) is 18.2 Å². The topological polar surface area (TPSA) is 154 Å².